The van der Waals surface area contributed by atoms with Crippen LogP contribution in [0.3, 0.4) is 0 Å². The smallest absolute Gasteiger partial charge is 0.0980 e. The van der Waals surface area contributed by atoms with Crippen LogP contribution in [0, 0.1) is 20.8 Å². The Bertz CT molecular complexity index is 839. The number of rotatable bonds is 2. The number of pyridine rings is 1. The summed E-state index contributed by atoms with van der Waals surface area (Å²) in [6, 6.07) is 6.56. The van der Waals surface area contributed by atoms with Gasteiger partial charge in [-0.15, -0.1) is 0 Å². The average molecular weight is 344 g/mol. The Morgan fingerprint density at radius 2 is 1.65 bits per heavy atom. The summed E-state index contributed by atoms with van der Waals surface area (Å²) < 4.78 is 2.19. The standard InChI is InChI=1S/C19H23N3.V/c1-12-9-13(2)17(14(3)10-12)15-11-22(6)19-16(21(4)5)7-8-20-18(15)19;/h7-11H,1-6H3;. The molecule has 0 atom stereocenters. The van der Waals surface area contributed by atoms with Gasteiger partial charge in [0.25, 0.3) is 0 Å². The molecule has 0 fully saturated rings. The molecule has 2 aromatic heterocycles. The van der Waals surface area contributed by atoms with Gasteiger partial charge >= 0.3 is 0 Å². The second kappa shape index (κ2) is 6.42. The molecule has 3 nitrogen and oxygen atoms in total. The van der Waals surface area contributed by atoms with Gasteiger partial charge in [0.05, 0.1) is 16.7 Å². The number of benzene rings is 1. The molecule has 4 heteroatoms. The summed E-state index contributed by atoms with van der Waals surface area (Å²) in [5.74, 6) is 0. The fraction of sp³-hybridized carbons (Fsp3) is 0.316. The van der Waals surface area contributed by atoms with Crippen molar-refractivity contribution in [1.29, 1.82) is 0 Å². The van der Waals surface area contributed by atoms with Gasteiger partial charge in [-0.2, -0.15) is 0 Å². The first-order chi connectivity index (χ1) is 10.4. The number of aryl methyl sites for hydroxylation is 4. The van der Waals surface area contributed by atoms with Gasteiger partial charge in [0.1, 0.15) is 0 Å². The van der Waals surface area contributed by atoms with Crippen LogP contribution in [-0.2, 0) is 25.6 Å². The fourth-order valence-corrected chi connectivity index (χ4v) is 3.46. The maximum atomic E-state index is 4.68. The topological polar surface area (TPSA) is 21.1 Å². The van der Waals surface area contributed by atoms with Crippen molar-refractivity contribution in [1.82, 2.24) is 9.55 Å². The Morgan fingerprint density at radius 3 is 2.22 bits per heavy atom. The van der Waals surface area contributed by atoms with Gasteiger partial charge in [-0.05, 0) is 43.5 Å². The van der Waals surface area contributed by atoms with Crippen LogP contribution in [0.15, 0.2) is 30.6 Å². The van der Waals surface area contributed by atoms with Crippen molar-refractivity contribution in [3.8, 4) is 11.1 Å². The molecule has 0 N–H and O–H groups in total. The van der Waals surface area contributed by atoms with Crippen LogP contribution in [0.1, 0.15) is 16.7 Å². The minimum absolute atomic E-state index is 0. The molecular formula is C19H23N3V. The minimum atomic E-state index is 0. The van der Waals surface area contributed by atoms with Crippen LogP contribution in [0.5, 0.6) is 0 Å². The molecule has 3 aromatic rings. The van der Waals surface area contributed by atoms with Crippen molar-refractivity contribution in [3.63, 3.8) is 0 Å². The van der Waals surface area contributed by atoms with Crippen molar-refractivity contribution in [2.45, 2.75) is 20.8 Å². The quantitative estimate of drug-likeness (QED) is 0.694. The van der Waals surface area contributed by atoms with Crippen LogP contribution in [-0.4, -0.2) is 23.6 Å². The molecule has 1 radical (unpaired) electrons. The average Bonchev–Trinajstić information content (AvgIpc) is 2.75. The predicted molar refractivity (Wildman–Crippen MR) is 94.7 cm³/mol. The molecular weight excluding hydrogens is 321 g/mol. The number of anilines is 1. The monoisotopic (exact) mass is 344 g/mol. The van der Waals surface area contributed by atoms with Crippen molar-refractivity contribution < 1.29 is 18.6 Å². The van der Waals surface area contributed by atoms with Gasteiger partial charge in [-0.25, -0.2) is 0 Å². The van der Waals surface area contributed by atoms with E-state index in [0.29, 0.717) is 0 Å². The molecule has 0 unspecified atom stereocenters. The molecule has 0 amide bonds. The zero-order valence-electron chi connectivity index (χ0n) is 14.7. The maximum absolute atomic E-state index is 4.68. The SMILES string of the molecule is Cc1cc(C)c(-c2cn(C)c3c(N(C)C)ccnc23)c(C)c1.[V]. The van der Waals surface area contributed by atoms with Gasteiger partial charge in [-0.1, -0.05) is 17.7 Å². The minimum Gasteiger partial charge on any atom is -0.376 e. The third-order valence-electron chi connectivity index (χ3n) is 4.26. The van der Waals surface area contributed by atoms with Crippen LogP contribution >= 0.6 is 0 Å². The second-order valence-electron chi connectivity index (χ2n) is 6.35. The van der Waals surface area contributed by atoms with Crippen LogP contribution in [0.4, 0.5) is 5.69 Å². The molecule has 0 saturated carbocycles. The number of nitrogens with zero attached hydrogens (tertiary/aromatic N) is 3. The van der Waals surface area contributed by atoms with Crippen LogP contribution in [0.25, 0.3) is 22.2 Å². The third-order valence-corrected chi connectivity index (χ3v) is 4.26. The van der Waals surface area contributed by atoms with Crippen molar-refractivity contribution in [2.75, 3.05) is 19.0 Å². The van der Waals surface area contributed by atoms with E-state index >= 15 is 0 Å². The first kappa shape index (κ1) is 17.6. The van der Waals surface area contributed by atoms with E-state index in [0.717, 1.165) is 5.52 Å². The summed E-state index contributed by atoms with van der Waals surface area (Å²) >= 11 is 0. The van der Waals surface area contributed by atoms with E-state index in [1.165, 1.54) is 39.0 Å². The second-order valence-corrected chi connectivity index (χ2v) is 6.35. The van der Waals surface area contributed by atoms with Crippen LogP contribution in [0.2, 0.25) is 0 Å². The number of hydrogen-bond acceptors (Lipinski definition) is 2. The maximum Gasteiger partial charge on any atom is 0.0980 e. The first-order valence-corrected chi connectivity index (χ1v) is 7.59. The summed E-state index contributed by atoms with van der Waals surface area (Å²) in [4.78, 5) is 6.82. The van der Waals surface area contributed by atoms with E-state index in [9.17, 15) is 0 Å². The predicted octanol–water partition coefficient (Wildman–Crippen LogP) is 4.23. The zero-order valence-corrected chi connectivity index (χ0v) is 16.1. The molecule has 0 aliphatic carbocycles. The van der Waals surface area contributed by atoms with E-state index in [1.807, 2.05) is 6.20 Å². The van der Waals surface area contributed by atoms with Gasteiger partial charge in [0.2, 0.25) is 0 Å². The van der Waals surface area contributed by atoms with Gasteiger partial charge in [0, 0.05) is 57.7 Å². The molecule has 3 rings (SSSR count). The number of fused-ring (bicyclic) bond motifs is 1. The van der Waals surface area contributed by atoms with Crippen molar-refractivity contribution in [3.05, 3.63) is 47.3 Å². The van der Waals surface area contributed by atoms with E-state index in [2.05, 4.69) is 80.8 Å². The van der Waals surface area contributed by atoms with Gasteiger partial charge in [-0.3, -0.25) is 4.98 Å². The van der Waals surface area contributed by atoms with Gasteiger partial charge in [0.15, 0.2) is 0 Å². The largest absolute Gasteiger partial charge is 0.376 e. The van der Waals surface area contributed by atoms with E-state index in [4.69, 9.17) is 0 Å². The number of hydrogen-bond donors (Lipinski definition) is 0. The molecule has 1 aromatic carbocycles. The summed E-state index contributed by atoms with van der Waals surface area (Å²) in [5.41, 5.74) is 9.90. The molecule has 0 bridgehead atoms. The summed E-state index contributed by atoms with van der Waals surface area (Å²) in [6.45, 7) is 6.52. The molecule has 0 spiro atoms. The Hall–Kier alpha value is -1.71. The summed E-state index contributed by atoms with van der Waals surface area (Å²) in [7, 11) is 6.24. The Labute approximate surface area is 150 Å². The van der Waals surface area contributed by atoms with Gasteiger partial charge < -0.3 is 9.47 Å². The van der Waals surface area contributed by atoms with E-state index in [1.54, 1.807) is 0 Å². The molecule has 23 heavy (non-hydrogen) atoms. The van der Waals surface area contributed by atoms with Crippen LogP contribution < -0.4 is 4.90 Å². The first-order valence-electron chi connectivity index (χ1n) is 7.59. The normalized spacial score (nSPS) is 10.7. The molecule has 2 heterocycles. The van der Waals surface area contributed by atoms with Crippen molar-refractivity contribution >= 4 is 16.7 Å². The Balaban J connectivity index is 0.00000192. The Morgan fingerprint density at radius 1 is 1.04 bits per heavy atom. The molecule has 0 aliphatic heterocycles. The molecule has 0 saturated heterocycles. The van der Waals surface area contributed by atoms with Crippen molar-refractivity contribution in [2.24, 2.45) is 7.05 Å². The molecule has 119 valence electrons. The molecule has 0 aliphatic rings. The number of aromatic nitrogens is 2. The Kier molecular flexibility index (Phi) is 4.93. The summed E-state index contributed by atoms with van der Waals surface area (Å²) in [5, 5.41) is 0. The van der Waals surface area contributed by atoms with E-state index in [-0.39, 0.29) is 18.6 Å². The zero-order chi connectivity index (χ0) is 16.0. The van der Waals surface area contributed by atoms with E-state index < -0.39 is 0 Å². The fourth-order valence-electron chi connectivity index (χ4n) is 3.46. The summed E-state index contributed by atoms with van der Waals surface area (Å²) in [6.07, 6.45) is 4.11. The third kappa shape index (κ3) is 2.91.